The van der Waals surface area contributed by atoms with Crippen molar-refractivity contribution in [2.45, 2.75) is 6.92 Å². The fourth-order valence-corrected chi connectivity index (χ4v) is 3.43. The standard InChI is InChI=1S/C22H21N5O6/c1-2-25(13-21(28)24-16-4-6-19-20(12-16)33-10-9-32-19)22(29)15-3-5-17(18(11-15)27(30)31)26-8-7-23-14-26/h3-8,11-12,14H,2,9-10,13H2,1H3,(H,24,28). The van der Waals surface area contributed by atoms with Gasteiger partial charge in [0.2, 0.25) is 5.91 Å². The fourth-order valence-electron chi connectivity index (χ4n) is 3.43. The van der Waals surface area contributed by atoms with Crippen molar-refractivity contribution in [3.8, 4) is 17.2 Å². The molecule has 0 aliphatic carbocycles. The molecule has 1 aliphatic rings. The number of carbonyl (C=O) groups is 2. The van der Waals surface area contributed by atoms with Gasteiger partial charge < -0.3 is 24.3 Å². The quantitative estimate of drug-likeness (QED) is 0.432. The van der Waals surface area contributed by atoms with Crippen molar-refractivity contribution in [1.82, 2.24) is 14.5 Å². The number of imidazole rings is 1. The Bertz CT molecular complexity index is 1190. The monoisotopic (exact) mass is 451 g/mol. The normalized spacial score (nSPS) is 12.2. The third-order valence-corrected chi connectivity index (χ3v) is 5.03. The predicted molar refractivity (Wildman–Crippen MR) is 118 cm³/mol. The minimum atomic E-state index is -0.559. The highest BCUT2D eigenvalue weighted by atomic mass is 16.6. The van der Waals surface area contributed by atoms with Gasteiger partial charge in [0, 0.05) is 42.3 Å². The summed E-state index contributed by atoms with van der Waals surface area (Å²) in [5.74, 6) is 0.236. The van der Waals surface area contributed by atoms with Crippen molar-refractivity contribution in [3.63, 3.8) is 0 Å². The highest BCUT2D eigenvalue weighted by molar-refractivity contribution is 6.00. The van der Waals surface area contributed by atoms with Crippen LogP contribution in [0.2, 0.25) is 0 Å². The third kappa shape index (κ3) is 4.76. The van der Waals surface area contributed by atoms with Crippen LogP contribution >= 0.6 is 0 Å². The molecule has 0 saturated carbocycles. The van der Waals surface area contributed by atoms with E-state index in [2.05, 4.69) is 10.3 Å². The smallest absolute Gasteiger partial charge is 0.294 e. The fraction of sp³-hybridized carbons (Fsp3) is 0.227. The molecule has 2 amide bonds. The van der Waals surface area contributed by atoms with Crippen molar-refractivity contribution >= 4 is 23.2 Å². The Labute approximate surface area is 188 Å². The number of amides is 2. The van der Waals surface area contributed by atoms with Crippen LogP contribution in [0.25, 0.3) is 5.69 Å². The molecule has 1 aromatic heterocycles. The summed E-state index contributed by atoms with van der Waals surface area (Å²) >= 11 is 0. The number of nitro benzene ring substituents is 1. The number of nitrogens with one attached hydrogen (secondary N) is 1. The predicted octanol–water partition coefficient (Wildman–Crippen LogP) is 2.65. The number of benzene rings is 2. The van der Waals surface area contributed by atoms with Crippen LogP contribution in [0.3, 0.4) is 0 Å². The first kappa shape index (κ1) is 21.8. The van der Waals surface area contributed by atoms with Gasteiger partial charge >= 0.3 is 0 Å². The molecule has 11 heteroatoms. The van der Waals surface area contributed by atoms with Gasteiger partial charge in [-0.05, 0) is 31.2 Å². The number of nitro groups is 1. The van der Waals surface area contributed by atoms with Crippen LogP contribution in [0.1, 0.15) is 17.3 Å². The molecule has 1 aliphatic heterocycles. The SMILES string of the molecule is CCN(CC(=O)Nc1ccc2c(c1)OCCO2)C(=O)c1ccc(-n2ccnc2)c([N+](=O)[O-])c1. The van der Waals surface area contributed by atoms with Crippen LogP contribution in [0.5, 0.6) is 11.5 Å². The molecule has 0 unspecified atom stereocenters. The molecule has 33 heavy (non-hydrogen) atoms. The van der Waals surface area contributed by atoms with Crippen LogP contribution in [-0.2, 0) is 4.79 Å². The summed E-state index contributed by atoms with van der Waals surface area (Å²) in [7, 11) is 0. The first-order valence-electron chi connectivity index (χ1n) is 10.2. The van der Waals surface area contributed by atoms with E-state index in [1.807, 2.05) is 0 Å². The maximum Gasteiger partial charge on any atom is 0.294 e. The molecule has 0 radical (unpaired) electrons. The van der Waals surface area contributed by atoms with Crippen molar-refractivity contribution in [2.75, 3.05) is 31.6 Å². The van der Waals surface area contributed by atoms with E-state index in [1.54, 1.807) is 31.3 Å². The Kier molecular flexibility index (Phi) is 6.20. The van der Waals surface area contributed by atoms with E-state index >= 15 is 0 Å². The lowest BCUT2D eigenvalue weighted by Crippen LogP contribution is -2.37. The van der Waals surface area contributed by atoms with Gasteiger partial charge in [-0.3, -0.25) is 19.7 Å². The van der Waals surface area contributed by atoms with Gasteiger partial charge in [0.15, 0.2) is 11.5 Å². The van der Waals surface area contributed by atoms with Gasteiger partial charge in [-0.25, -0.2) is 4.98 Å². The van der Waals surface area contributed by atoms with E-state index < -0.39 is 16.7 Å². The maximum atomic E-state index is 13.0. The van der Waals surface area contributed by atoms with E-state index in [-0.39, 0.29) is 30.0 Å². The van der Waals surface area contributed by atoms with E-state index in [1.165, 1.54) is 40.2 Å². The second-order valence-electron chi connectivity index (χ2n) is 7.16. The molecule has 1 N–H and O–H groups in total. The zero-order valence-electron chi connectivity index (χ0n) is 17.8. The number of rotatable bonds is 7. The van der Waals surface area contributed by atoms with Gasteiger partial charge in [-0.2, -0.15) is 0 Å². The van der Waals surface area contributed by atoms with Crippen LogP contribution in [0.15, 0.2) is 55.1 Å². The minimum Gasteiger partial charge on any atom is -0.486 e. The van der Waals surface area contributed by atoms with Crippen molar-refractivity contribution < 1.29 is 24.0 Å². The molecule has 0 fully saturated rings. The second-order valence-corrected chi connectivity index (χ2v) is 7.16. The van der Waals surface area contributed by atoms with Crippen LogP contribution < -0.4 is 14.8 Å². The minimum absolute atomic E-state index is 0.111. The number of hydrogen-bond acceptors (Lipinski definition) is 7. The number of hydrogen-bond donors (Lipinski definition) is 1. The number of anilines is 1. The molecule has 4 rings (SSSR count). The molecule has 11 nitrogen and oxygen atoms in total. The maximum absolute atomic E-state index is 13.0. The summed E-state index contributed by atoms with van der Waals surface area (Å²) in [5, 5.41) is 14.3. The highest BCUT2D eigenvalue weighted by Gasteiger charge is 2.23. The third-order valence-electron chi connectivity index (χ3n) is 5.03. The summed E-state index contributed by atoms with van der Waals surface area (Å²) < 4.78 is 12.5. The average molecular weight is 451 g/mol. The summed E-state index contributed by atoms with van der Waals surface area (Å²) in [5.41, 5.74) is 0.664. The summed E-state index contributed by atoms with van der Waals surface area (Å²) in [4.78, 5) is 41.8. The molecular formula is C22H21N5O6. The number of likely N-dealkylation sites (N-methyl/N-ethyl adjacent to an activating group) is 1. The van der Waals surface area contributed by atoms with Crippen molar-refractivity contribution in [2.24, 2.45) is 0 Å². The van der Waals surface area contributed by atoms with E-state index in [0.29, 0.717) is 30.4 Å². The first-order valence-corrected chi connectivity index (χ1v) is 10.2. The Morgan fingerprint density at radius 2 is 1.97 bits per heavy atom. The van der Waals surface area contributed by atoms with Gasteiger partial charge in [-0.15, -0.1) is 0 Å². The number of carbonyl (C=O) groups excluding carboxylic acids is 2. The first-order chi connectivity index (χ1) is 16.0. The van der Waals surface area contributed by atoms with Gasteiger partial charge in [0.25, 0.3) is 11.6 Å². The summed E-state index contributed by atoms with van der Waals surface area (Å²) in [6.45, 7) is 2.64. The lowest BCUT2D eigenvalue weighted by Gasteiger charge is -2.21. The zero-order valence-corrected chi connectivity index (χ0v) is 17.8. The lowest BCUT2D eigenvalue weighted by molar-refractivity contribution is -0.384. The second kappa shape index (κ2) is 9.39. The average Bonchev–Trinajstić information content (AvgIpc) is 3.36. The van der Waals surface area contributed by atoms with E-state index in [4.69, 9.17) is 9.47 Å². The van der Waals surface area contributed by atoms with E-state index in [0.717, 1.165) is 0 Å². The number of aromatic nitrogens is 2. The Hall–Kier alpha value is -4.41. The molecule has 2 heterocycles. The largest absolute Gasteiger partial charge is 0.486 e. The Morgan fingerprint density at radius 3 is 2.67 bits per heavy atom. The molecule has 0 spiro atoms. The molecule has 0 atom stereocenters. The van der Waals surface area contributed by atoms with Crippen LogP contribution in [0.4, 0.5) is 11.4 Å². The van der Waals surface area contributed by atoms with Gasteiger partial charge in [0.1, 0.15) is 25.4 Å². The molecule has 2 aromatic carbocycles. The Morgan fingerprint density at radius 1 is 1.18 bits per heavy atom. The van der Waals surface area contributed by atoms with Gasteiger partial charge in [-0.1, -0.05) is 0 Å². The molecule has 3 aromatic rings. The summed E-state index contributed by atoms with van der Waals surface area (Å²) in [6.07, 6.45) is 4.51. The van der Waals surface area contributed by atoms with Crippen molar-refractivity contribution in [1.29, 1.82) is 0 Å². The highest BCUT2D eigenvalue weighted by Crippen LogP contribution is 2.32. The van der Waals surface area contributed by atoms with Crippen LogP contribution in [-0.4, -0.2) is 57.5 Å². The molecule has 0 bridgehead atoms. The van der Waals surface area contributed by atoms with Crippen molar-refractivity contribution in [3.05, 3.63) is 70.8 Å². The molecule has 170 valence electrons. The molecular weight excluding hydrogens is 430 g/mol. The lowest BCUT2D eigenvalue weighted by atomic mass is 10.1. The van der Waals surface area contributed by atoms with E-state index in [9.17, 15) is 19.7 Å². The topological polar surface area (TPSA) is 129 Å². The summed E-state index contributed by atoms with van der Waals surface area (Å²) in [6, 6.07) is 9.22. The van der Waals surface area contributed by atoms with Gasteiger partial charge in [0.05, 0.1) is 11.3 Å². The molecule has 0 saturated heterocycles. The van der Waals surface area contributed by atoms with Crippen LogP contribution in [0, 0.1) is 10.1 Å². The zero-order chi connectivity index (χ0) is 23.4. The number of ether oxygens (including phenoxy) is 2. The number of fused-ring (bicyclic) bond motifs is 1. The Balaban J connectivity index is 1.48. The number of nitrogens with zero attached hydrogens (tertiary/aromatic N) is 4.